The minimum absolute atomic E-state index is 0.659. The maximum atomic E-state index is 5.58. The van der Waals surface area contributed by atoms with Crippen LogP contribution in [0.5, 0.6) is 11.5 Å². The highest BCUT2D eigenvalue weighted by Gasteiger charge is 1.99. The molecule has 2 aromatic rings. The molecular formula is C15H18N2O2. The third-order valence-electron chi connectivity index (χ3n) is 2.58. The maximum Gasteiger partial charge on any atom is 0.137 e. The smallest absolute Gasteiger partial charge is 0.137 e. The Labute approximate surface area is 113 Å². The lowest BCUT2D eigenvalue weighted by molar-refractivity contribution is 0.309. The van der Waals surface area contributed by atoms with Gasteiger partial charge >= 0.3 is 0 Å². The molecule has 0 aliphatic carbocycles. The van der Waals surface area contributed by atoms with Crippen molar-refractivity contribution in [1.82, 2.24) is 9.97 Å². The number of pyridine rings is 2. The first-order valence-corrected chi connectivity index (χ1v) is 6.49. The molecule has 19 heavy (non-hydrogen) atoms. The van der Waals surface area contributed by atoms with Crippen LogP contribution in [0.2, 0.25) is 0 Å². The number of ether oxygens (including phenoxy) is 2. The Morgan fingerprint density at radius 3 is 2.84 bits per heavy atom. The van der Waals surface area contributed by atoms with Crippen LogP contribution < -0.4 is 9.47 Å². The Bertz CT molecular complexity index is 489. The van der Waals surface area contributed by atoms with Crippen LogP contribution in [-0.2, 0) is 6.42 Å². The molecular weight excluding hydrogens is 240 g/mol. The van der Waals surface area contributed by atoms with Crippen molar-refractivity contribution in [2.75, 3.05) is 13.2 Å². The van der Waals surface area contributed by atoms with Crippen molar-refractivity contribution in [1.29, 1.82) is 0 Å². The highest BCUT2D eigenvalue weighted by atomic mass is 16.5. The molecule has 0 saturated heterocycles. The Morgan fingerprint density at radius 1 is 1.11 bits per heavy atom. The van der Waals surface area contributed by atoms with Gasteiger partial charge in [-0.15, -0.1) is 0 Å². The molecule has 0 aliphatic heterocycles. The average Bonchev–Trinajstić information content (AvgIpc) is 2.46. The molecule has 4 heteroatoms. The largest absolute Gasteiger partial charge is 0.494 e. The lowest BCUT2D eigenvalue weighted by Crippen LogP contribution is -2.01. The van der Waals surface area contributed by atoms with Crippen molar-refractivity contribution in [2.45, 2.75) is 19.8 Å². The fourth-order valence-corrected chi connectivity index (χ4v) is 1.73. The van der Waals surface area contributed by atoms with Gasteiger partial charge in [0.25, 0.3) is 0 Å². The van der Waals surface area contributed by atoms with Gasteiger partial charge in [-0.05, 0) is 38.0 Å². The van der Waals surface area contributed by atoms with Crippen LogP contribution in [0.25, 0.3) is 0 Å². The average molecular weight is 258 g/mol. The summed E-state index contributed by atoms with van der Waals surface area (Å²) in [6.45, 7) is 3.31. The van der Waals surface area contributed by atoms with Gasteiger partial charge in [0.15, 0.2) is 0 Å². The molecule has 2 aromatic heterocycles. The topological polar surface area (TPSA) is 44.2 Å². The summed E-state index contributed by atoms with van der Waals surface area (Å²) in [5, 5.41) is 0. The summed E-state index contributed by atoms with van der Waals surface area (Å²) in [7, 11) is 0. The third kappa shape index (κ3) is 4.58. The Balaban J connectivity index is 1.75. The molecule has 0 radical (unpaired) electrons. The number of rotatable bonds is 7. The van der Waals surface area contributed by atoms with E-state index < -0.39 is 0 Å². The zero-order valence-electron chi connectivity index (χ0n) is 11.1. The van der Waals surface area contributed by atoms with Crippen LogP contribution in [-0.4, -0.2) is 23.2 Å². The quantitative estimate of drug-likeness (QED) is 0.716. The van der Waals surface area contributed by atoms with E-state index >= 15 is 0 Å². The van der Waals surface area contributed by atoms with Gasteiger partial charge in [-0.3, -0.25) is 9.97 Å². The summed E-state index contributed by atoms with van der Waals surface area (Å²) in [4.78, 5) is 8.32. The van der Waals surface area contributed by atoms with E-state index in [0.29, 0.717) is 13.2 Å². The molecule has 0 N–H and O–H groups in total. The van der Waals surface area contributed by atoms with Crippen molar-refractivity contribution >= 4 is 0 Å². The summed E-state index contributed by atoms with van der Waals surface area (Å²) in [5.41, 5.74) is 1.03. The Kier molecular flexibility index (Phi) is 5.17. The molecule has 0 atom stereocenters. The van der Waals surface area contributed by atoms with Crippen molar-refractivity contribution in [3.63, 3.8) is 0 Å². The van der Waals surface area contributed by atoms with E-state index in [1.165, 1.54) is 0 Å². The standard InChI is InChI=1S/C15H18N2O2/c1-2-18-14-7-9-17-13(11-14)5-4-10-19-15-6-3-8-16-12-15/h3,6-9,11-12H,2,4-5,10H2,1H3. The number of hydrogen-bond acceptors (Lipinski definition) is 4. The van der Waals surface area contributed by atoms with Crippen molar-refractivity contribution in [2.24, 2.45) is 0 Å². The lowest BCUT2D eigenvalue weighted by atomic mass is 10.2. The molecule has 0 amide bonds. The number of aryl methyl sites for hydroxylation is 1. The van der Waals surface area contributed by atoms with E-state index in [2.05, 4.69) is 9.97 Å². The first-order valence-electron chi connectivity index (χ1n) is 6.49. The number of hydrogen-bond donors (Lipinski definition) is 0. The summed E-state index contributed by atoms with van der Waals surface area (Å²) in [6, 6.07) is 7.62. The van der Waals surface area contributed by atoms with Gasteiger partial charge in [0.05, 0.1) is 19.4 Å². The fraction of sp³-hybridized carbons (Fsp3) is 0.333. The van der Waals surface area contributed by atoms with Crippen molar-refractivity contribution in [3.8, 4) is 11.5 Å². The molecule has 0 spiro atoms. The zero-order chi connectivity index (χ0) is 13.3. The number of aromatic nitrogens is 2. The van der Waals surface area contributed by atoms with Gasteiger partial charge < -0.3 is 9.47 Å². The molecule has 2 heterocycles. The summed E-state index contributed by atoms with van der Waals surface area (Å²) < 4.78 is 11.0. The summed E-state index contributed by atoms with van der Waals surface area (Å²) >= 11 is 0. The van der Waals surface area contributed by atoms with Crippen LogP contribution >= 0.6 is 0 Å². The van der Waals surface area contributed by atoms with Crippen molar-refractivity contribution < 1.29 is 9.47 Å². The van der Waals surface area contributed by atoms with Crippen LogP contribution in [0.15, 0.2) is 42.9 Å². The van der Waals surface area contributed by atoms with Crippen LogP contribution in [0.4, 0.5) is 0 Å². The summed E-state index contributed by atoms with van der Waals surface area (Å²) in [6.07, 6.45) is 7.02. The van der Waals surface area contributed by atoms with Crippen molar-refractivity contribution in [3.05, 3.63) is 48.5 Å². The zero-order valence-corrected chi connectivity index (χ0v) is 11.1. The normalized spacial score (nSPS) is 10.2. The van der Waals surface area contributed by atoms with Gasteiger partial charge in [-0.25, -0.2) is 0 Å². The van der Waals surface area contributed by atoms with E-state index in [0.717, 1.165) is 30.0 Å². The SMILES string of the molecule is CCOc1ccnc(CCCOc2cccnc2)c1. The summed E-state index contributed by atoms with van der Waals surface area (Å²) in [5.74, 6) is 1.68. The second-order valence-corrected chi connectivity index (χ2v) is 4.06. The molecule has 0 aromatic carbocycles. The van der Waals surface area contributed by atoms with Crippen LogP contribution in [0.3, 0.4) is 0 Å². The highest BCUT2D eigenvalue weighted by molar-refractivity contribution is 5.22. The van der Waals surface area contributed by atoms with Crippen LogP contribution in [0.1, 0.15) is 19.0 Å². The first-order chi connectivity index (χ1) is 9.38. The monoisotopic (exact) mass is 258 g/mol. The fourth-order valence-electron chi connectivity index (χ4n) is 1.73. The van der Waals surface area contributed by atoms with E-state index in [1.807, 2.05) is 31.2 Å². The molecule has 2 rings (SSSR count). The molecule has 0 bridgehead atoms. The third-order valence-corrected chi connectivity index (χ3v) is 2.58. The highest BCUT2D eigenvalue weighted by Crippen LogP contribution is 2.12. The van der Waals surface area contributed by atoms with Gasteiger partial charge in [0, 0.05) is 24.2 Å². The van der Waals surface area contributed by atoms with Gasteiger partial charge in [-0.2, -0.15) is 0 Å². The van der Waals surface area contributed by atoms with E-state index in [9.17, 15) is 0 Å². The Morgan fingerprint density at radius 2 is 2.05 bits per heavy atom. The predicted octanol–water partition coefficient (Wildman–Crippen LogP) is 2.89. The molecule has 0 saturated carbocycles. The first kappa shape index (κ1) is 13.3. The molecule has 4 nitrogen and oxygen atoms in total. The van der Waals surface area contributed by atoms with E-state index in [-0.39, 0.29) is 0 Å². The van der Waals surface area contributed by atoms with E-state index in [1.54, 1.807) is 18.6 Å². The lowest BCUT2D eigenvalue weighted by Gasteiger charge is -2.06. The van der Waals surface area contributed by atoms with E-state index in [4.69, 9.17) is 9.47 Å². The molecule has 0 fully saturated rings. The maximum absolute atomic E-state index is 5.58. The van der Waals surface area contributed by atoms with Gasteiger partial charge in [0.1, 0.15) is 11.5 Å². The second kappa shape index (κ2) is 7.36. The number of nitrogens with zero attached hydrogens (tertiary/aromatic N) is 2. The molecule has 0 aliphatic rings. The second-order valence-electron chi connectivity index (χ2n) is 4.06. The minimum atomic E-state index is 0.659. The Hall–Kier alpha value is -2.10. The predicted molar refractivity (Wildman–Crippen MR) is 73.5 cm³/mol. The van der Waals surface area contributed by atoms with Gasteiger partial charge in [0.2, 0.25) is 0 Å². The molecule has 100 valence electrons. The van der Waals surface area contributed by atoms with Crippen LogP contribution in [0, 0.1) is 0 Å². The molecule has 0 unspecified atom stereocenters. The minimum Gasteiger partial charge on any atom is -0.494 e. The van der Waals surface area contributed by atoms with Gasteiger partial charge in [-0.1, -0.05) is 0 Å².